The molecule has 0 N–H and O–H groups in total. The van der Waals surface area contributed by atoms with Crippen molar-refractivity contribution in [2.45, 2.75) is 64.2 Å². The van der Waals surface area contributed by atoms with Crippen molar-refractivity contribution in [1.29, 1.82) is 0 Å². The first kappa shape index (κ1) is 37.8. The van der Waals surface area contributed by atoms with E-state index in [4.69, 9.17) is 27.9 Å². The molecule has 0 unspecified atom stereocenters. The summed E-state index contributed by atoms with van der Waals surface area (Å²) in [5, 5.41) is 2.32. The lowest BCUT2D eigenvalue weighted by molar-refractivity contribution is 0.0692. The highest BCUT2D eigenvalue weighted by molar-refractivity contribution is 8.14. The molecule has 4 aromatic rings. The summed E-state index contributed by atoms with van der Waals surface area (Å²) < 4.78 is 6.31. The summed E-state index contributed by atoms with van der Waals surface area (Å²) in [5.41, 5.74) is 2.88. The molecule has 0 aliphatic carbocycles. The van der Waals surface area contributed by atoms with Crippen LogP contribution in [-0.2, 0) is 4.74 Å². The van der Waals surface area contributed by atoms with Gasteiger partial charge in [-0.25, -0.2) is 4.79 Å². The normalized spacial score (nSPS) is 11.7. The van der Waals surface area contributed by atoms with E-state index in [1.807, 2.05) is 42.5 Å². The zero-order valence-electron chi connectivity index (χ0n) is 28.1. The Morgan fingerprint density at radius 3 is 1.69 bits per heavy atom. The number of hydrogen-bond donors (Lipinski definition) is 0. The summed E-state index contributed by atoms with van der Waals surface area (Å²) in [6.45, 7) is 4.92. The lowest BCUT2D eigenvalue weighted by Crippen LogP contribution is -2.15. The minimum Gasteiger partial charge on any atom is -0.422 e. The SMILES string of the molecule is CCCCP(CCCC)(CCCC)=C(/C=C(\OC(=O)c1ccc(Cl)cc1)c1ccccc1)c1ccccc1SC(=O)c1ccc(Cl)cc1. The number of rotatable bonds is 16. The third-order valence-corrected chi connectivity index (χ3v) is 14.8. The van der Waals surface area contributed by atoms with Gasteiger partial charge in [0.25, 0.3) is 0 Å². The molecule has 4 rings (SSSR count). The summed E-state index contributed by atoms with van der Waals surface area (Å²) in [6, 6.07) is 31.9. The maximum atomic E-state index is 13.7. The number of hydrogen-bond acceptors (Lipinski definition) is 4. The van der Waals surface area contributed by atoms with Gasteiger partial charge in [-0.1, -0.05) is 119 Å². The second kappa shape index (κ2) is 19.2. The van der Waals surface area contributed by atoms with Crippen LogP contribution in [0.15, 0.2) is 114 Å². The molecule has 0 heterocycles. The van der Waals surface area contributed by atoms with Gasteiger partial charge in [-0.15, -0.1) is 0 Å². The van der Waals surface area contributed by atoms with Gasteiger partial charge < -0.3 is 4.74 Å². The van der Waals surface area contributed by atoms with Crippen molar-refractivity contribution in [3.8, 4) is 0 Å². The summed E-state index contributed by atoms with van der Waals surface area (Å²) in [4.78, 5) is 28.2. The van der Waals surface area contributed by atoms with E-state index in [9.17, 15) is 9.59 Å². The quantitative estimate of drug-likeness (QED) is 0.0500. The van der Waals surface area contributed by atoms with E-state index in [-0.39, 0.29) is 5.12 Å². The van der Waals surface area contributed by atoms with Gasteiger partial charge in [-0.05, 0) is 121 Å². The van der Waals surface area contributed by atoms with Gasteiger partial charge >= 0.3 is 5.97 Å². The second-order valence-corrected chi connectivity index (χ2v) is 17.9. The van der Waals surface area contributed by atoms with Crippen LogP contribution in [0.25, 0.3) is 5.76 Å². The van der Waals surface area contributed by atoms with Crippen molar-refractivity contribution in [2.24, 2.45) is 0 Å². The molecule has 3 nitrogen and oxygen atoms in total. The molecule has 252 valence electrons. The van der Waals surface area contributed by atoms with Crippen LogP contribution in [-0.4, -0.2) is 34.9 Å². The third kappa shape index (κ3) is 10.5. The standard InChI is InChI=1S/C41H45Cl2O3PS/c1-4-7-27-47(28-8-5-2,29-9-6-3)38(36-17-13-14-18-39(36)48-41(45)33-21-25-35(43)26-22-33)30-37(31-15-11-10-12-16-31)46-40(44)32-19-23-34(42)24-20-32/h10-26,30H,4-9,27-29H2,1-3H3/b37-30-. The Morgan fingerprint density at radius 2 is 1.15 bits per heavy atom. The first-order valence-corrected chi connectivity index (χ1v) is 20.8. The molecule has 48 heavy (non-hydrogen) atoms. The van der Waals surface area contributed by atoms with Crippen molar-refractivity contribution in [1.82, 2.24) is 0 Å². The Hall–Kier alpha value is -3.01. The smallest absolute Gasteiger partial charge is 0.343 e. The first-order valence-electron chi connectivity index (χ1n) is 16.9. The van der Waals surface area contributed by atoms with E-state index >= 15 is 0 Å². The van der Waals surface area contributed by atoms with Gasteiger partial charge in [0.1, 0.15) is 5.76 Å². The summed E-state index contributed by atoms with van der Waals surface area (Å²) in [5.74, 6) is 0.0598. The van der Waals surface area contributed by atoms with Crippen LogP contribution in [0.4, 0.5) is 0 Å². The zero-order valence-corrected chi connectivity index (χ0v) is 31.3. The lowest BCUT2D eigenvalue weighted by atomic mass is 10.1. The maximum absolute atomic E-state index is 13.7. The molecular formula is C41H45Cl2O3PS. The van der Waals surface area contributed by atoms with Crippen LogP contribution in [0.5, 0.6) is 0 Å². The predicted molar refractivity (Wildman–Crippen MR) is 210 cm³/mol. The monoisotopic (exact) mass is 718 g/mol. The molecule has 0 saturated carbocycles. The highest BCUT2D eigenvalue weighted by atomic mass is 35.5. The van der Waals surface area contributed by atoms with Gasteiger partial charge in [0.05, 0.1) is 5.56 Å². The minimum absolute atomic E-state index is 0.0421. The van der Waals surface area contributed by atoms with Crippen LogP contribution in [0.3, 0.4) is 0 Å². The van der Waals surface area contributed by atoms with Gasteiger partial charge in [-0.3, -0.25) is 4.79 Å². The number of unbranched alkanes of at least 4 members (excludes halogenated alkanes) is 3. The molecule has 0 aliphatic rings. The fourth-order valence-corrected chi connectivity index (χ4v) is 12.2. The van der Waals surface area contributed by atoms with Crippen LogP contribution in [0.2, 0.25) is 10.0 Å². The first-order chi connectivity index (χ1) is 23.3. The fraction of sp³-hybridized carbons (Fsp3) is 0.293. The van der Waals surface area contributed by atoms with Crippen molar-refractivity contribution >= 4 is 64.0 Å². The molecule has 0 bridgehead atoms. The summed E-state index contributed by atoms with van der Waals surface area (Å²) >= 11 is 13.5. The van der Waals surface area contributed by atoms with Crippen molar-refractivity contribution in [2.75, 3.05) is 18.5 Å². The average molecular weight is 720 g/mol. The van der Waals surface area contributed by atoms with Crippen LogP contribution >= 0.6 is 41.8 Å². The molecule has 0 spiro atoms. The average Bonchev–Trinajstić information content (AvgIpc) is 3.11. The Bertz CT molecular complexity index is 1700. The highest BCUT2D eigenvalue weighted by Crippen LogP contribution is 2.54. The number of esters is 1. The summed E-state index contributed by atoms with van der Waals surface area (Å²) in [7, 11) is 0. The summed E-state index contributed by atoms with van der Waals surface area (Å²) in [6.07, 6.45) is 12.1. The number of halogens is 2. The number of benzene rings is 4. The molecule has 0 atom stereocenters. The van der Waals surface area contributed by atoms with E-state index in [0.717, 1.165) is 73.0 Å². The van der Waals surface area contributed by atoms with Crippen LogP contribution in [0, 0.1) is 0 Å². The van der Waals surface area contributed by atoms with Gasteiger partial charge in [0.2, 0.25) is 5.12 Å². The van der Waals surface area contributed by atoms with Crippen LogP contribution in [0.1, 0.15) is 91.1 Å². The van der Waals surface area contributed by atoms with E-state index < -0.39 is 12.9 Å². The van der Waals surface area contributed by atoms with Crippen molar-refractivity contribution in [3.05, 3.63) is 142 Å². The Morgan fingerprint density at radius 1 is 0.646 bits per heavy atom. The fourth-order valence-electron chi connectivity index (χ4n) is 5.70. The molecule has 0 saturated heterocycles. The van der Waals surface area contributed by atoms with Gasteiger partial charge in [-0.2, -0.15) is 0 Å². The molecule has 0 amide bonds. The van der Waals surface area contributed by atoms with Crippen LogP contribution < -0.4 is 0 Å². The maximum Gasteiger partial charge on any atom is 0.343 e. The number of carbonyl (C=O) groups is 2. The van der Waals surface area contributed by atoms with E-state index in [2.05, 4.69) is 39.0 Å². The second-order valence-electron chi connectivity index (χ2n) is 11.9. The number of allylic oxidation sites excluding steroid dienone is 1. The van der Waals surface area contributed by atoms with E-state index in [1.165, 1.54) is 17.1 Å². The minimum atomic E-state index is -1.83. The van der Waals surface area contributed by atoms with Crippen molar-refractivity contribution in [3.63, 3.8) is 0 Å². The number of ether oxygens (including phenoxy) is 1. The zero-order chi connectivity index (χ0) is 34.4. The topological polar surface area (TPSA) is 43.4 Å². The molecular weight excluding hydrogens is 674 g/mol. The molecule has 4 aromatic carbocycles. The molecule has 0 aromatic heterocycles. The lowest BCUT2D eigenvalue weighted by Gasteiger charge is -2.32. The Labute approximate surface area is 301 Å². The molecule has 0 fully saturated rings. The Kier molecular flexibility index (Phi) is 15.2. The highest BCUT2D eigenvalue weighted by Gasteiger charge is 2.26. The molecule has 0 radical (unpaired) electrons. The van der Waals surface area contributed by atoms with E-state index in [0.29, 0.717) is 26.9 Å². The predicted octanol–water partition coefficient (Wildman–Crippen LogP) is 12.8. The molecule has 7 heteroatoms. The van der Waals surface area contributed by atoms with Crippen molar-refractivity contribution < 1.29 is 14.3 Å². The Balaban J connectivity index is 2.00. The van der Waals surface area contributed by atoms with E-state index in [1.54, 1.807) is 48.5 Å². The molecule has 0 aliphatic heterocycles. The largest absolute Gasteiger partial charge is 0.422 e. The van der Waals surface area contributed by atoms with Gasteiger partial charge in [0, 0.05) is 26.1 Å². The number of carbonyl (C=O) groups excluding carboxylic acids is 2. The number of thioether (sulfide) groups is 1. The van der Waals surface area contributed by atoms with Gasteiger partial charge in [0.15, 0.2) is 0 Å². The third-order valence-electron chi connectivity index (χ3n) is 8.38.